The van der Waals surface area contributed by atoms with Crippen molar-refractivity contribution in [2.75, 3.05) is 41.0 Å². The van der Waals surface area contributed by atoms with Gasteiger partial charge in [0.05, 0.1) is 20.2 Å². The molecule has 0 aliphatic rings. The van der Waals surface area contributed by atoms with E-state index < -0.39 is 16.6 Å². The predicted molar refractivity (Wildman–Crippen MR) is 127 cm³/mol. The van der Waals surface area contributed by atoms with Crippen LogP contribution < -0.4 is 15.7 Å². The van der Waals surface area contributed by atoms with E-state index in [2.05, 4.69) is 19.1 Å². The number of hydroxylamine groups is 6. The van der Waals surface area contributed by atoms with Gasteiger partial charge in [0.2, 0.25) is 0 Å². The Hall–Kier alpha value is -0.660. The van der Waals surface area contributed by atoms with Crippen molar-refractivity contribution < 1.29 is 34.9 Å². The quantitative estimate of drug-likeness (QED) is 0.107. The van der Waals surface area contributed by atoms with E-state index in [1.807, 2.05) is 0 Å². The summed E-state index contributed by atoms with van der Waals surface area (Å²) in [5, 5.41) is 32.5. The van der Waals surface area contributed by atoms with Gasteiger partial charge in [0, 0.05) is 7.11 Å². The molecule has 10 heteroatoms. The smallest absolute Gasteiger partial charge is 0.175 e. The monoisotopic (exact) mass is 479 g/mol. The zero-order valence-corrected chi connectivity index (χ0v) is 21.3. The normalized spacial score (nSPS) is 16.7. The molecular weight excluding hydrogens is 430 g/mol. The van der Waals surface area contributed by atoms with Gasteiger partial charge in [0.25, 0.3) is 0 Å². The molecule has 0 aliphatic heterocycles. The third-order valence-electron chi connectivity index (χ3n) is 5.27. The Morgan fingerprint density at radius 2 is 1.42 bits per heavy atom. The minimum absolute atomic E-state index is 0.110. The third-order valence-corrected chi connectivity index (χ3v) is 5.27. The first kappa shape index (κ1) is 32.3. The number of nitrogens with one attached hydrogen (secondary N) is 3. The second-order valence-electron chi connectivity index (χ2n) is 8.44. The van der Waals surface area contributed by atoms with Crippen LogP contribution in [0.5, 0.6) is 0 Å². The average molecular weight is 480 g/mol. The summed E-state index contributed by atoms with van der Waals surface area (Å²) in [4.78, 5) is 15.0. The summed E-state index contributed by atoms with van der Waals surface area (Å²) in [6.45, 7) is 2.32. The van der Waals surface area contributed by atoms with Gasteiger partial charge in [-0.1, -0.05) is 57.6 Å². The highest BCUT2D eigenvalue weighted by molar-refractivity contribution is 4.84. The summed E-state index contributed by atoms with van der Waals surface area (Å²) in [5.74, 6) is 0. The van der Waals surface area contributed by atoms with E-state index in [9.17, 15) is 15.6 Å². The number of allylic oxidation sites excluding steroid dienone is 1. The molecule has 0 aromatic carbocycles. The molecule has 33 heavy (non-hydrogen) atoms. The highest BCUT2D eigenvalue weighted by Gasteiger charge is 2.18. The lowest BCUT2D eigenvalue weighted by Gasteiger charge is -2.25. The zero-order valence-electron chi connectivity index (χ0n) is 21.3. The van der Waals surface area contributed by atoms with Crippen molar-refractivity contribution in [2.24, 2.45) is 0 Å². The van der Waals surface area contributed by atoms with Gasteiger partial charge in [-0.2, -0.15) is 4.84 Å². The molecule has 0 saturated carbocycles. The summed E-state index contributed by atoms with van der Waals surface area (Å²) >= 11 is 0. The van der Waals surface area contributed by atoms with Crippen LogP contribution in [0.3, 0.4) is 0 Å². The van der Waals surface area contributed by atoms with Gasteiger partial charge in [-0.25, -0.2) is 25.4 Å². The Bertz CT molecular complexity index is 442. The molecule has 0 bridgehead atoms. The van der Waals surface area contributed by atoms with Crippen molar-refractivity contribution >= 4 is 0 Å². The summed E-state index contributed by atoms with van der Waals surface area (Å²) in [6, 6.07) is 0. The van der Waals surface area contributed by atoms with Crippen LogP contribution in [0, 0.1) is 15.6 Å². The van der Waals surface area contributed by atoms with Crippen LogP contribution in [0.15, 0.2) is 12.2 Å². The lowest BCUT2D eigenvalue weighted by atomic mass is 10.1. The van der Waals surface area contributed by atoms with Crippen LogP contribution in [-0.2, 0) is 19.2 Å². The molecule has 0 rings (SSSR count). The van der Waals surface area contributed by atoms with E-state index in [0.29, 0.717) is 12.6 Å². The van der Waals surface area contributed by atoms with E-state index in [-0.39, 0.29) is 18.4 Å². The first-order valence-electron chi connectivity index (χ1n) is 12.5. The zero-order chi connectivity index (χ0) is 24.7. The molecule has 0 radical (unpaired) electrons. The SMILES string of the molecule is CCCCCCC(C/C=C\CCCCCCC[NH+]([O-])OCC(CO[NH+](C)[O-])O[NH+](C)[O-])OC. The highest BCUT2D eigenvalue weighted by Crippen LogP contribution is 2.12. The van der Waals surface area contributed by atoms with Crippen molar-refractivity contribution in [3.63, 3.8) is 0 Å². The minimum Gasteiger partial charge on any atom is -0.600 e. The second kappa shape index (κ2) is 23.1. The molecule has 5 atom stereocenters. The summed E-state index contributed by atoms with van der Waals surface area (Å²) in [6.07, 6.45) is 17.5. The molecule has 0 aromatic heterocycles. The second-order valence-corrected chi connectivity index (χ2v) is 8.44. The number of hydrogen-bond acceptors (Lipinski definition) is 7. The largest absolute Gasteiger partial charge is 0.600 e. The predicted octanol–water partition coefficient (Wildman–Crippen LogP) is 0.830. The maximum Gasteiger partial charge on any atom is 0.175 e. The van der Waals surface area contributed by atoms with Crippen LogP contribution in [-0.4, -0.2) is 53.2 Å². The van der Waals surface area contributed by atoms with Gasteiger partial charge in [0.15, 0.2) is 6.10 Å². The van der Waals surface area contributed by atoms with Crippen LogP contribution in [0.1, 0.15) is 84.0 Å². The number of ether oxygens (including phenoxy) is 1. The standard InChI is InChI=1S/C23H49N3O7/c1-5-6-7-14-17-22(30-4)18-15-12-10-8-9-11-13-16-19-26(29)32-21-23(33-25(3)28)20-31-24(2)27/h12,15,22-26H,5-11,13-14,16-21H2,1-4H3/b15-12-. The topological polar surface area (TPSA) is 119 Å². The Morgan fingerprint density at radius 3 is 2.09 bits per heavy atom. The third kappa shape index (κ3) is 22.9. The Labute approximate surface area is 200 Å². The Morgan fingerprint density at radius 1 is 0.758 bits per heavy atom. The molecule has 3 N–H and O–H groups in total. The van der Waals surface area contributed by atoms with Gasteiger partial charge in [0.1, 0.15) is 19.8 Å². The van der Waals surface area contributed by atoms with Crippen molar-refractivity contribution in [3.8, 4) is 0 Å². The maximum atomic E-state index is 11.9. The summed E-state index contributed by atoms with van der Waals surface area (Å²) in [7, 11) is 4.32. The number of rotatable bonds is 24. The van der Waals surface area contributed by atoms with E-state index in [1.54, 1.807) is 7.11 Å². The molecule has 0 saturated heterocycles. The molecule has 5 unspecified atom stereocenters. The fourth-order valence-electron chi connectivity index (χ4n) is 3.38. The summed E-state index contributed by atoms with van der Waals surface area (Å²) < 4.78 is 5.56. The van der Waals surface area contributed by atoms with E-state index in [0.717, 1.165) is 51.4 Å². The van der Waals surface area contributed by atoms with E-state index in [4.69, 9.17) is 19.2 Å². The van der Waals surface area contributed by atoms with Crippen LogP contribution in [0.4, 0.5) is 0 Å². The molecule has 0 amide bonds. The molecule has 0 heterocycles. The number of quaternary nitrogens is 3. The number of hydrogen-bond donors (Lipinski definition) is 3. The average Bonchev–Trinajstić information content (AvgIpc) is 2.77. The highest BCUT2D eigenvalue weighted by atomic mass is 16.9. The van der Waals surface area contributed by atoms with Crippen LogP contribution in [0.25, 0.3) is 0 Å². The van der Waals surface area contributed by atoms with Crippen LogP contribution in [0.2, 0.25) is 0 Å². The van der Waals surface area contributed by atoms with Crippen molar-refractivity contribution in [1.29, 1.82) is 0 Å². The number of unbranched alkanes of at least 4 members (excludes halogenated alkanes) is 8. The summed E-state index contributed by atoms with van der Waals surface area (Å²) in [5.41, 5.74) is 0. The van der Waals surface area contributed by atoms with Gasteiger partial charge in [-0.15, -0.1) is 0 Å². The van der Waals surface area contributed by atoms with Crippen molar-refractivity contribution in [3.05, 3.63) is 27.8 Å². The minimum atomic E-state index is -0.774. The van der Waals surface area contributed by atoms with Crippen LogP contribution >= 0.6 is 0 Å². The van der Waals surface area contributed by atoms with Crippen molar-refractivity contribution in [2.45, 2.75) is 96.2 Å². The van der Waals surface area contributed by atoms with Crippen molar-refractivity contribution in [1.82, 2.24) is 0 Å². The molecule has 198 valence electrons. The van der Waals surface area contributed by atoms with Gasteiger partial charge >= 0.3 is 0 Å². The fourth-order valence-corrected chi connectivity index (χ4v) is 3.38. The lowest BCUT2D eigenvalue weighted by Crippen LogP contribution is -3.07. The molecular formula is C23H49N3O7. The van der Waals surface area contributed by atoms with Gasteiger partial charge in [-0.05, 0) is 38.5 Å². The lowest BCUT2D eigenvalue weighted by molar-refractivity contribution is -1.07. The fraction of sp³-hybridized carbons (Fsp3) is 0.913. The van der Waals surface area contributed by atoms with Gasteiger partial charge < -0.3 is 20.4 Å². The molecule has 0 spiro atoms. The van der Waals surface area contributed by atoms with E-state index >= 15 is 0 Å². The number of methoxy groups -OCH3 is 1. The molecule has 0 aromatic rings. The Balaban J connectivity index is 3.71. The Kier molecular flexibility index (Phi) is 22.6. The van der Waals surface area contributed by atoms with Gasteiger partial charge in [-0.3, -0.25) is 0 Å². The van der Waals surface area contributed by atoms with E-state index in [1.165, 1.54) is 39.8 Å². The molecule has 0 aliphatic carbocycles. The molecule has 10 nitrogen and oxygen atoms in total. The first-order valence-corrected chi connectivity index (χ1v) is 12.5. The maximum absolute atomic E-state index is 11.9. The molecule has 0 fully saturated rings. The first-order chi connectivity index (χ1) is 15.9.